The Morgan fingerprint density at radius 3 is 2.31 bits per heavy atom. The number of nitrogens with zero attached hydrogens (tertiary/aromatic N) is 3. The number of aryl methyl sites for hydroxylation is 2. The summed E-state index contributed by atoms with van der Waals surface area (Å²) in [4.78, 5) is 5.80. The summed E-state index contributed by atoms with van der Waals surface area (Å²) < 4.78 is 2.16. The number of hydrogen-bond acceptors (Lipinski definition) is 4. The fourth-order valence-corrected chi connectivity index (χ4v) is 3.66. The Balaban J connectivity index is 2.20. The van der Waals surface area contributed by atoms with Crippen LogP contribution in [0.15, 0.2) is 59.5 Å². The second-order valence-corrected chi connectivity index (χ2v) is 7.11. The van der Waals surface area contributed by atoms with Crippen molar-refractivity contribution >= 4 is 39.5 Å². The van der Waals surface area contributed by atoms with Gasteiger partial charge in [0.2, 0.25) is 16.7 Å². The van der Waals surface area contributed by atoms with E-state index in [4.69, 9.17) is 16.0 Å². The predicted molar refractivity (Wildman–Crippen MR) is 106 cm³/mol. The molecule has 0 bridgehead atoms. The first kappa shape index (κ1) is 16.4. The normalized spacial score (nSPS) is 11.0. The van der Waals surface area contributed by atoms with Gasteiger partial charge in [-0.05, 0) is 48.9 Å². The number of nitrogen functional groups attached to an aromatic ring is 1. The molecule has 0 aliphatic rings. The van der Waals surface area contributed by atoms with E-state index in [1.807, 2.05) is 56.3 Å². The maximum Gasteiger partial charge on any atom is 0.239 e. The molecule has 2 N–H and O–H groups in total. The predicted octanol–water partition coefficient (Wildman–Crippen LogP) is 4.44. The monoisotopic (exact) mass is 357 g/mol. The van der Waals surface area contributed by atoms with Gasteiger partial charge >= 0.3 is 0 Å². The Morgan fingerprint density at radius 1 is 0.962 bits per heavy atom. The molecule has 26 heavy (non-hydrogen) atoms. The second kappa shape index (κ2) is 6.32. The van der Waals surface area contributed by atoms with E-state index in [-0.39, 0.29) is 0 Å². The summed E-state index contributed by atoms with van der Waals surface area (Å²) in [5.41, 5.74) is 13.7. The van der Waals surface area contributed by atoms with E-state index >= 15 is 0 Å². The van der Waals surface area contributed by atoms with Crippen LogP contribution in [-0.2, 0) is 0 Å². The number of thiocyanates is 1. The van der Waals surface area contributed by atoms with Gasteiger partial charge in [0.25, 0.3) is 0 Å². The van der Waals surface area contributed by atoms with Crippen molar-refractivity contribution in [2.75, 3.05) is 5.73 Å². The first-order chi connectivity index (χ1) is 12.6. The summed E-state index contributed by atoms with van der Waals surface area (Å²) in [6.45, 7) is 4.00. The van der Waals surface area contributed by atoms with Gasteiger partial charge in [0.15, 0.2) is 0 Å². The highest BCUT2D eigenvalue weighted by molar-refractivity contribution is 8.03. The number of thioether (sulfide) groups is 1. The van der Waals surface area contributed by atoms with Crippen LogP contribution in [-0.4, -0.2) is 4.98 Å². The van der Waals surface area contributed by atoms with Gasteiger partial charge < -0.3 is 5.73 Å². The third-order valence-corrected chi connectivity index (χ3v) is 5.28. The fourth-order valence-electron chi connectivity index (χ4n) is 3.17. The van der Waals surface area contributed by atoms with Crippen LogP contribution in [0.2, 0.25) is 0 Å². The Kier molecular flexibility index (Phi) is 3.98. The van der Waals surface area contributed by atoms with Crippen LogP contribution in [0.5, 0.6) is 0 Å². The van der Waals surface area contributed by atoms with Crippen LogP contribution in [0.1, 0.15) is 11.1 Å². The van der Waals surface area contributed by atoms with E-state index < -0.39 is 0 Å². The van der Waals surface area contributed by atoms with Crippen molar-refractivity contribution in [2.45, 2.75) is 18.7 Å². The molecule has 4 nitrogen and oxygen atoms in total. The molecule has 0 fully saturated rings. The largest absolute Gasteiger partial charge is 0.398 e. The Morgan fingerprint density at radius 2 is 1.62 bits per heavy atom. The van der Waals surface area contributed by atoms with Crippen molar-refractivity contribution in [3.8, 4) is 11.1 Å². The smallest absolute Gasteiger partial charge is 0.239 e. The molecule has 0 aliphatic heterocycles. The van der Waals surface area contributed by atoms with Gasteiger partial charge in [-0.15, -0.1) is 4.57 Å². The first-order valence-corrected chi connectivity index (χ1v) is 9.08. The average molecular weight is 357 g/mol. The molecule has 0 amide bonds. The molecule has 0 atom stereocenters. The molecule has 4 rings (SSSR count). The third-order valence-electron chi connectivity index (χ3n) is 4.53. The van der Waals surface area contributed by atoms with Gasteiger partial charge in [-0.2, -0.15) is 5.26 Å². The zero-order chi connectivity index (χ0) is 18.3. The molecule has 0 unspecified atom stereocenters. The molecular formula is C21H17N4S+. The van der Waals surface area contributed by atoms with E-state index in [1.54, 1.807) is 0 Å². The number of para-hydroxylation sites is 1. The summed E-state index contributed by atoms with van der Waals surface area (Å²) in [7, 11) is 0. The van der Waals surface area contributed by atoms with Crippen molar-refractivity contribution in [1.82, 2.24) is 4.98 Å². The van der Waals surface area contributed by atoms with Gasteiger partial charge in [-0.25, -0.2) is 4.98 Å². The zero-order valence-corrected chi connectivity index (χ0v) is 15.3. The number of rotatable bonds is 2. The molecule has 3 aromatic carbocycles. The molecule has 1 aromatic heterocycles. The van der Waals surface area contributed by atoms with Crippen LogP contribution < -0.4 is 10.3 Å². The van der Waals surface area contributed by atoms with Crippen molar-refractivity contribution in [3.05, 3.63) is 65.7 Å². The lowest BCUT2D eigenvalue weighted by atomic mass is 10.1. The molecule has 0 spiro atoms. The van der Waals surface area contributed by atoms with Gasteiger partial charge in [0, 0.05) is 34.8 Å². The molecule has 126 valence electrons. The third kappa shape index (κ3) is 2.65. The lowest BCUT2D eigenvalue weighted by Gasteiger charge is -2.09. The van der Waals surface area contributed by atoms with Crippen molar-refractivity contribution in [1.29, 1.82) is 5.26 Å². The molecular weight excluding hydrogens is 340 g/mol. The van der Waals surface area contributed by atoms with Gasteiger partial charge in [-0.3, -0.25) is 0 Å². The molecule has 0 radical (unpaired) electrons. The number of hydrogen-bond donors (Lipinski definition) is 1. The Hall–Kier alpha value is -3.10. The molecule has 5 heteroatoms. The zero-order valence-electron chi connectivity index (χ0n) is 14.5. The number of fused-ring (bicyclic) bond motifs is 2. The molecule has 0 saturated heterocycles. The molecule has 0 saturated carbocycles. The Bertz CT molecular complexity index is 1190. The average Bonchev–Trinajstić information content (AvgIpc) is 2.63. The lowest BCUT2D eigenvalue weighted by Crippen LogP contribution is -2.33. The van der Waals surface area contributed by atoms with E-state index in [0.29, 0.717) is 0 Å². The number of benzene rings is 3. The summed E-state index contributed by atoms with van der Waals surface area (Å²) in [6.07, 6.45) is 0. The number of anilines is 1. The van der Waals surface area contributed by atoms with Crippen molar-refractivity contribution < 1.29 is 4.57 Å². The summed E-state index contributed by atoms with van der Waals surface area (Å²) >= 11 is 1.17. The number of nitriles is 1. The van der Waals surface area contributed by atoms with E-state index in [1.165, 1.54) is 11.8 Å². The van der Waals surface area contributed by atoms with Gasteiger partial charge in [-0.1, -0.05) is 18.2 Å². The maximum absolute atomic E-state index is 9.12. The summed E-state index contributed by atoms with van der Waals surface area (Å²) in [6, 6.07) is 18.2. The second-order valence-electron chi connectivity index (χ2n) is 6.28. The number of aromatic nitrogens is 2. The lowest BCUT2D eigenvalue weighted by molar-refractivity contribution is -0.538. The highest BCUT2D eigenvalue weighted by Gasteiger charge is 2.21. The van der Waals surface area contributed by atoms with E-state index in [0.717, 1.165) is 49.5 Å². The SMILES string of the molecule is Cc1cc2nc3cc(C)c(SC#N)cc3[n+](-c3ccccc3)c2cc1N. The standard InChI is InChI=1S/C21H16N4S/c1-13-8-17-19(10-16(13)23)25(15-6-4-3-5-7-15)20-11-21(26-12-22)14(2)9-18(20)24-17/h3-11,23H,1-2H3/p+1. The minimum Gasteiger partial charge on any atom is -0.398 e. The van der Waals surface area contributed by atoms with Crippen LogP contribution in [0.4, 0.5) is 5.69 Å². The maximum atomic E-state index is 9.12. The van der Waals surface area contributed by atoms with E-state index in [2.05, 4.69) is 22.1 Å². The van der Waals surface area contributed by atoms with Gasteiger partial charge in [0.05, 0.1) is 0 Å². The fraction of sp³-hybridized carbons (Fsp3) is 0.0952. The molecule has 1 heterocycles. The van der Waals surface area contributed by atoms with Gasteiger partial charge in [0.1, 0.15) is 16.4 Å². The topological polar surface area (TPSA) is 66.6 Å². The van der Waals surface area contributed by atoms with Crippen molar-refractivity contribution in [3.63, 3.8) is 0 Å². The summed E-state index contributed by atoms with van der Waals surface area (Å²) in [5.74, 6) is 0. The molecule has 4 aromatic rings. The minimum absolute atomic E-state index is 0.738. The van der Waals surface area contributed by atoms with Crippen LogP contribution >= 0.6 is 11.8 Å². The van der Waals surface area contributed by atoms with Crippen LogP contribution in [0.3, 0.4) is 0 Å². The first-order valence-electron chi connectivity index (χ1n) is 8.26. The summed E-state index contributed by atoms with van der Waals surface area (Å²) in [5, 5.41) is 11.3. The van der Waals surface area contributed by atoms with Crippen LogP contribution in [0.25, 0.3) is 27.8 Å². The molecule has 0 aliphatic carbocycles. The van der Waals surface area contributed by atoms with E-state index in [9.17, 15) is 0 Å². The highest BCUT2D eigenvalue weighted by Crippen LogP contribution is 2.28. The Labute approximate surface area is 155 Å². The highest BCUT2D eigenvalue weighted by atomic mass is 32.2. The quantitative estimate of drug-likeness (QED) is 0.189. The van der Waals surface area contributed by atoms with Crippen molar-refractivity contribution in [2.24, 2.45) is 0 Å². The van der Waals surface area contributed by atoms with Crippen LogP contribution in [0, 0.1) is 24.5 Å². The number of nitrogens with two attached hydrogens (primary N) is 1. The minimum atomic E-state index is 0.738.